The zero-order chi connectivity index (χ0) is 19.1. The highest BCUT2D eigenvalue weighted by molar-refractivity contribution is 6.36. The maximum Gasteiger partial charge on any atom is 0.150 e. The first-order valence-corrected chi connectivity index (χ1v) is 9.02. The second-order valence-electron chi connectivity index (χ2n) is 6.76. The van der Waals surface area contributed by atoms with Crippen LogP contribution in [0.15, 0.2) is 67.1 Å². The highest BCUT2D eigenvalue weighted by Crippen LogP contribution is 2.22. The van der Waals surface area contributed by atoms with E-state index in [2.05, 4.69) is 38.6 Å². The van der Waals surface area contributed by atoms with Gasteiger partial charge in [0.2, 0.25) is 0 Å². The lowest BCUT2D eigenvalue weighted by Gasteiger charge is -2.11. The van der Waals surface area contributed by atoms with Gasteiger partial charge in [-0.3, -0.25) is 0 Å². The number of aromatic nitrogens is 5. The van der Waals surface area contributed by atoms with E-state index in [1.54, 1.807) is 10.7 Å². The average molecular weight is 364 g/mol. The number of benzene rings is 2. The van der Waals surface area contributed by atoms with E-state index < -0.39 is 0 Å². The summed E-state index contributed by atoms with van der Waals surface area (Å²) in [4.78, 5) is 9.12. The Kier molecular flexibility index (Phi) is 3.86. The Morgan fingerprint density at radius 2 is 1.93 bits per heavy atom. The summed E-state index contributed by atoms with van der Waals surface area (Å²) in [6.07, 6.45) is 3.45. The lowest BCUT2D eigenvalue weighted by molar-refractivity contribution is 0.927. The van der Waals surface area contributed by atoms with E-state index in [4.69, 9.17) is 7.85 Å². The molecule has 0 atom stereocenters. The fraction of sp³-hybridized carbons (Fsp3) is 0.0952. The van der Waals surface area contributed by atoms with E-state index in [0.717, 1.165) is 33.7 Å². The third-order valence-electron chi connectivity index (χ3n) is 4.83. The van der Waals surface area contributed by atoms with Gasteiger partial charge >= 0.3 is 0 Å². The number of hydrogen-bond donors (Lipinski definition) is 1. The predicted molar refractivity (Wildman–Crippen MR) is 112 cm³/mol. The Hall–Kier alpha value is -3.61. The van der Waals surface area contributed by atoms with E-state index in [1.807, 2.05) is 54.3 Å². The molecule has 0 unspecified atom stereocenters. The number of fused-ring (bicyclic) bond motifs is 2. The topological polar surface area (TPSA) is 60.0 Å². The zero-order valence-electron chi connectivity index (χ0n) is 15.4. The normalized spacial score (nSPS) is 11.3. The molecule has 6 nitrogen and oxygen atoms in total. The zero-order valence-corrected chi connectivity index (χ0v) is 15.4. The Morgan fingerprint density at radius 3 is 2.79 bits per heavy atom. The molecule has 7 heteroatoms. The number of nitrogens with zero attached hydrogens (tertiary/aromatic N) is 5. The van der Waals surface area contributed by atoms with Crippen LogP contribution in [0.5, 0.6) is 0 Å². The van der Waals surface area contributed by atoms with Crippen LogP contribution < -0.4 is 10.8 Å². The van der Waals surface area contributed by atoms with Crippen molar-refractivity contribution in [1.29, 1.82) is 0 Å². The molecule has 5 aromatic rings. The van der Waals surface area contributed by atoms with E-state index in [9.17, 15) is 0 Å². The van der Waals surface area contributed by atoms with Gasteiger partial charge in [0.15, 0.2) is 5.65 Å². The summed E-state index contributed by atoms with van der Waals surface area (Å²) >= 11 is 0. The van der Waals surface area contributed by atoms with Crippen molar-refractivity contribution in [2.75, 3.05) is 5.32 Å². The van der Waals surface area contributed by atoms with Crippen molar-refractivity contribution in [2.45, 2.75) is 6.54 Å². The first-order chi connectivity index (χ1) is 13.7. The summed E-state index contributed by atoms with van der Waals surface area (Å²) in [5.74, 6) is 0.835. The first kappa shape index (κ1) is 16.6. The van der Waals surface area contributed by atoms with E-state index >= 15 is 0 Å². The van der Waals surface area contributed by atoms with Crippen LogP contribution in [0.25, 0.3) is 27.9 Å². The number of nitrogens with one attached hydrogen (secondary N) is 1. The number of aryl methyl sites for hydroxylation is 1. The summed E-state index contributed by atoms with van der Waals surface area (Å²) in [6.45, 7) is 0.639. The van der Waals surface area contributed by atoms with Gasteiger partial charge in [-0.25, -0.2) is 9.97 Å². The van der Waals surface area contributed by atoms with Crippen molar-refractivity contribution in [3.8, 4) is 11.3 Å². The van der Waals surface area contributed by atoms with Gasteiger partial charge in [-0.1, -0.05) is 36.4 Å². The second kappa shape index (κ2) is 6.53. The molecule has 0 fully saturated rings. The van der Waals surface area contributed by atoms with Gasteiger partial charge in [0.1, 0.15) is 13.7 Å². The Balaban J connectivity index is 1.52. The maximum absolute atomic E-state index is 6.08. The standard InChI is InChI=1S/C21H17BN6/c1-27-13-24-18-9-14(7-8-19(18)27)11-23-20-10-17(15-5-3-2-4-6-15)26-21-16(22)12-25-28(20)21/h2-10,12-13,23H,11H2,1H3. The molecular formula is C21H17BN6. The molecular weight excluding hydrogens is 347 g/mol. The lowest BCUT2D eigenvalue weighted by atomic mass is 10.0. The minimum Gasteiger partial charge on any atom is -0.366 e. The Labute approximate surface area is 163 Å². The summed E-state index contributed by atoms with van der Waals surface area (Å²) in [7, 11) is 8.07. The molecule has 28 heavy (non-hydrogen) atoms. The fourth-order valence-corrected chi connectivity index (χ4v) is 3.35. The summed E-state index contributed by atoms with van der Waals surface area (Å²) in [5, 5.41) is 7.84. The Bertz CT molecular complexity index is 1290. The molecule has 0 aliphatic carbocycles. The van der Waals surface area contributed by atoms with Crippen LogP contribution in [0, 0.1) is 0 Å². The van der Waals surface area contributed by atoms with Crippen LogP contribution in [0.1, 0.15) is 5.56 Å². The molecule has 0 bridgehead atoms. The van der Waals surface area contributed by atoms with E-state index in [0.29, 0.717) is 17.7 Å². The third-order valence-corrected chi connectivity index (χ3v) is 4.83. The van der Waals surface area contributed by atoms with E-state index in [-0.39, 0.29) is 0 Å². The predicted octanol–water partition coefficient (Wildman–Crippen LogP) is 2.69. The van der Waals surface area contributed by atoms with Crippen LogP contribution in [-0.2, 0) is 13.6 Å². The number of hydrogen-bond acceptors (Lipinski definition) is 4. The largest absolute Gasteiger partial charge is 0.366 e. The molecule has 0 saturated heterocycles. The number of anilines is 1. The minimum atomic E-state index is 0.552. The van der Waals surface area contributed by atoms with Gasteiger partial charge in [0.05, 0.1) is 23.1 Å². The SMILES string of the molecule is [B]c1cnn2c(NCc3ccc4c(c3)ncn4C)cc(-c3ccccc3)nc12. The molecule has 0 aliphatic rings. The van der Waals surface area contributed by atoms with Gasteiger partial charge in [0.25, 0.3) is 0 Å². The second-order valence-corrected chi connectivity index (χ2v) is 6.76. The summed E-state index contributed by atoms with van der Waals surface area (Å²) < 4.78 is 3.75. The molecule has 2 aromatic carbocycles. The molecule has 1 N–H and O–H groups in total. The van der Waals surface area contributed by atoms with Crippen molar-refractivity contribution in [3.63, 3.8) is 0 Å². The van der Waals surface area contributed by atoms with Crippen molar-refractivity contribution in [2.24, 2.45) is 7.05 Å². The monoisotopic (exact) mass is 364 g/mol. The number of imidazole rings is 1. The summed E-state index contributed by atoms with van der Waals surface area (Å²) in [5.41, 5.74) is 6.31. The quantitative estimate of drug-likeness (QED) is 0.498. The molecule has 134 valence electrons. The smallest absolute Gasteiger partial charge is 0.150 e. The van der Waals surface area contributed by atoms with Gasteiger partial charge in [-0.15, -0.1) is 0 Å². The number of rotatable bonds is 4. The molecule has 0 amide bonds. The van der Waals surface area contributed by atoms with Crippen LogP contribution in [0.4, 0.5) is 5.82 Å². The average Bonchev–Trinajstić information content (AvgIpc) is 3.29. The van der Waals surface area contributed by atoms with E-state index in [1.165, 1.54) is 0 Å². The lowest BCUT2D eigenvalue weighted by Crippen LogP contribution is -2.09. The third kappa shape index (κ3) is 2.81. The van der Waals surface area contributed by atoms with Gasteiger partial charge in [0, 0.05) is 31.4 Å². The maximum atomic E-state index is 6.08. The van der Waals surface area contributed by atoms with Crippen LogP contribution in [-0.4, -0.2) is 32.0 Å². The molecule has 5 rings (SSSR count). The van der Waals surface area contributed by atoms with Gasteiger partial charge < -0.3 is 9.88 Å². The van der Waals surface area contributed by atoms with Crippen molar-refractivity contribution < 1.29 is 0 Å². The van der Waals surface area contributed by atoms with Crippen LogP contribution >= 0.6 is 0 Å². The molecule has 0 aliphatic heterocycles. The molecule has 0 saturated carbocycles. The van der Waals surface area contributed by atoms with Crippen molar-refractivity contribution in [1.82, 2.24) is 24.1 Å². The molecule has 3 aromatic heterocycles. The first-order valence-electron chi connectivity index (χ1n) is 9.02. The highest BCUT2D eigenvalue weighted by Gasteiger charge is 2.10. The molecule has 3 heterocycles. The minimum absolute atomic E-state index is 0.552. The van der Waals surface area contributed by atoms with Crippen LogP contribution in [0.2, 0.25) is 0 Å². The molecule has 2 radical (unpaired) electrons. The van der Waals surface area contributed by atoms with Crippen molar-refractivity contribution >= 4 is 35.8 Å². The van der Waals surface area contributed by atoms with Gasteiger partial charge in [-0.05, 0) is 23.2 Å². The fourth-order valence-electron chi connectivity index (χ4n) is 3.35. The van der Waals surface area contributed by atoms with Crippen LogP contribution in [0.3, 0.4) is 0 Å². The molecule has 0 spiro atoms. The highest BCUT2D eigenvalue weighted by atomic mass is 15.3. The Morgan fingerprint density at radius 1 is 1.07 bits per heavy atom. The van der Waals surface area contributed by atoms with Crippen molar-refractivity contribution in [3.05, 3.63) is 72.7 Å². The van der Waals surface area contributed by atoms with Gasteiger partial charge in [-0.2, -0.15) is 9.61 Å². The summed E-state index contributed by atoms with van der Waals surface area (Å²) in [6, 6.07) is 18.3.